The molecule has 0 heterocycles. The van der Waals surface area contributed by atoms with E-state index in [4.69, 9.17) is 4.74 Å². The van der Waals surface area contributed by atoms with Crippen LogP contribution >= 0.6 is 0 Å². The molecule has 1 atom stereocenters. The minimum Gasteiger partial charge on any atom is -0.444 e. The van der Waals surface area contributed by atoms with Crippen molar-refractivity contribution in [2.24, 2.45) is 0 Å². The first-order valence-corrected chi connectivity index (χ1v) is 7.99. The Kier molecular flexibility index (Phi) is 5.61. The number of hydrogen-bond donors (Lipinski definition) is 2. The Labute approximate surface area is 137 Å². The molecule has 0 spiro atoms. The molecule has 4 nitrogen and oxygen atoms in total. The Morgan fingerprint density at radius 2 is 1.87 bits per heavy atom. The van der Waals surface area contributed by atoms with Crippen LogP contribution in [0.15, 0.2) is 42.5 Å². The van der Waals surface area contributed by atoms with Crippen molar-refractivity contribution >= 4 is 16.9 Å². The average Bonchev–Trinajstić information content (AvgIpc) is 2.49. The van der Waals surface area contributed by atoms with Crippen molar-refractivity contribution in [1.82, 2.24) is 5.32 Å². The summed E-state index contributed by atoms with van der Waals surface area (Å²) in [4.78, 5) is 11.5. The predicted molar refractivity (Wildman–Crippen MR) is 92.4 cm³/mol. The first-order chi connectivity index (χ1) is 10.8. The van der Waals surface area contributed by atoms with Gasteiger partial charge < -0.3 is 15.2 Å². The van der Waals surface area contributed by atoms with Gasteiger partial charge in [-0.2, -0.15) is 0 Å². The molecule has 2 rings (SSSR count). The highest BCUT2D eigenvalue weighted by molar-refractivity contribution is 5.83. The van der Waals surface area contributed by atoms with Gasteiger partial charge in [-0.25, -0.2) is 4.79 Å². The molecule has 0 unspecified atom stereocenters. The summed E-state index contributed by atoms with van der Waals surface area (Å²) in [5, 5.41) is 15.3. The second-order valence-electron chi connectivity index (χ2n) is 6.69. The van der Waals surface area contributed by atoms with Gasteiger partial charge in [-0.05, 0) is 56.0 Å². The highest BCUT2D eigenvalue weighted by Gasteiger charge is 2.15. The van der Waals surface area contributed by atoms with Crippen LogP contribution in [0.25, 0.3) is 10.8 Å². The number of nitrogens with one attached hydrogen (secondary N) is 1. The molecule has 2 N–H and O–H groups in total. The lowest BCUT2D eigenvalue weighted by Gasteiger charge is -2.19. The van der Waals surface area contributed by atoms with E-state index in [9.17, 15) is 9.90 Å². The van der Waals surface area contributed by atoms with Gasteiger partial charge >= 0.3 is 6.09 Å². The fourth-order valence-electron chi connectivity index (χ4n) is 2.38. The zero-order valence-electron chi connectivity index (χ0n) is 14.0. The molecule has 0 aliphatic carbocycles. The van der Waals surface area contributed by atoms with Gasteiger partial charge in [0.1, 0.15) is 5.60 Å². The van der Waals surface area contributed by atoms with Gasteiger partial charge in [-0.1, -0.05) is 36.4 Å². The topological polar surface area (TPSA) is 58.6 Å². The van der Waals surface area contributed by atoms with E-state index < -0.39 is 17.8 Å². The molecule has 2 aromatic rings. The van der Waals surface area contributed by atoms with Crippen LogP contribution in [0.1, 0.15) is 45.3 Å². The quantitative estimate of drug-likeness (QED) is 0.814. The molecule has 0 saturated heterocycles. The number of alkyl carbamates (subject to hydrolysis) is 1. The van der Waals surface area contributed by atoms with E-state index in [-0.39, 0.29) is 0 Å². The standard InChI is InChI=1S/C19H25NO3/c1-19(2,3)23-18(22)20-12-6-9-17(21)16-11-10-14-7-4-5-8-15(14)13-16/h4-5,7-8,10-11,13,17,21H,6,9,12H2,1-3H3,(H,20,22)/t17-/m1/s1. The summed E-state index contributed by atoms with van der Waals surface area (Å²) in [5.41, 5.74) is 0.412. The van der Waals surface area contributed by atoms with Crippen molar-refractivity contribution in [2.45, 2.75) is 45.3 Å². The van der Waals surface area contributed by atoms with Crippen LogP contribution in [0.2, 0.25) is 0 Å². The maximum Gasteiger partial charge on any atom is 0.407 e. The average molecular weight is 315 g/mol. The number of fused-ring (bicyclic) bond motifs is 1. The van der Waals surface area contributed by atoms with Crippen molar-refractivity contribution in [3.63, 3.8) is 0 Å². The van der Waals surface area contributed by atoms with Crippen molar-refractivity contribution < 1.29 is 14.6 Å². The number of ether oxygens (including phenoxy) is 1. The monoisotopic (exact) mass is 315 g/mol. The van der Waals surface area contributed by atoms with Crippen LogP contribution in [0.4, 0.5) is 4.79 Å². The lowest BCUT2D eigenvalue weighted by molar-refractivity contribution is 0.0523. The zero-order valence-corrected chi connectivity index (χ0v) is 14.0. The number of carbonyl (C=O) groups is 1. The van der Waals surface area contributed by atoms with Crippen LogP contribution < -0.4 is 5.32 Å². The predicted octanol–water partition coefficient (Wildman–Crippen LogP) is 4.18. The van der Waals surface area contributed by atoms with Gasteiger partial charge in [0.25, 0.3) is 0 Å². The Bertz CT molecular complexity index is 661. The summed E-state index contributed by atoms with van der Waals surface area (Å²) >= 11 is 0. The molecule has 0 aliphatic heterocycles. The Morgan fingerprint density at radius 3 is 2.57 bits per heavy atom. The summed E-state index contributed by atoms with van der Waals surface area (Å²) in [7, 11) is 0. The zero-order chi connectivity index (χ0) is 16.9. The number of rotatable bonds is 5. The Balaban J connectivity index is 1.80. The molecular formula is C19H25NO3. The third-order valence-electron chi connectivity index (χ3n) is 3.48. The Hall–Kier alpha value is -2.07. The molecule has 0 saturated carbocycles. The smallest absolute Gasteiger partial charge is 0.407 e. The van der Waals surface area contributed by atoms with Crippen LogP contribution in [0, 0.1) is 0 Å². The molecule has 0 fully saturated rings. The van der Waals surface area contributed by atoms with E-state index >= 15 is 0 Å². The van der Waals surface area contributed by atoms with Crippen molar-refractivity contribution in [2.75, 3.05) is 6.54 Å². The SMILES string of the molecule is CC(C)(C)OC(=O)NCCC[C@@H](O)c1ccc2ccccc2c1. The lowest BCUT2D eigenvalue weighted by atomic mass is 10.0. The van der Waals surface area contributed by atoms with E-state index in [0.717, 1.165) is 16.3 Å². The molecule has 1 amide bonds. The lowest BCUT2D eigenvalue weighted by Crippen LogP contribution is -2.33. The van der Waals surface area contributed by atoms with E-state index in [0.29, 0.717) is 19.4 Å². The third-order valence-corrected chi connectivity index (χ3v) is 3.48. The minimum atomic E-state index is -0.528. The van der Waals surface area contributed by atoms with E-state index in [2.05, 4.69) is 11.4 Å². The number of aliphatic hydroxyl groups is 1. The summed E-state index contributed by atoms with van der Waals surface area (Å²) in [6.45, 7) is 5.97. The largest absolute Gasteiger partial charge is 0.444 e. The second kappa shape index (κ2) is 7.47. The van der Waals surface area contributed by atoms with Crippen LogP contribution in [-0.2, 0) is 4.74 Å². The molecule has 0 aromatic heterocycles. The van der Waals surface area contributed by atoms with Gasteiger partial charge in [0, 0.05) is 6.54 Å². The van der Waals surface area contributed by atoms with Crippen molar-refractivity contribution in [3.8, 4) is 0 Å². The first kappa shape index (κ1) is 17.3. The summed E-state index contributed by atoms with van der Waals surface area (Å²) in [5.74, 6) is 0. The van der Waals surface area contributed by atoms with Gasteiger partial charge in [0.15, 0.2) is 0 Å². The van der Waals surface area contributed by atoms with Gasteiger partial charge in [-0.3, -0.25) is 0 Å². The molecule has 23 heavy (non-hydrogen) atoms. The van der Waals surface area contributed by atoms with Gasteiger partial charge in [0.05, 0.1) is 6.10 Å². The number of amides is 1. The van der Waals surface area contributed by atoms with Crippen molar-refractivity contribution in [1.29, 1.82) is 0 Å². The Morgan fingerprint density at radius 1 is 1.17 bits per heavy atom. The maximum absolute atomic E-state index is 11.5. The molecule has 0 bridgehead atoms. The summed E-state index contributed by atoms with van der Waals surface area (Å²) in [6.07, 6.45) is 0.333. The molecule has 0 aliphatic rings. The number of hydrogen-bond acceptors (Lipinski definition) is 3. The highest BCUT2D eigenvalue weighted by Crippen LogP contribution is 2.23. The van der Waals surface area contributed by atoms with Crippen LogP contribution in [-0.4, -0.2) is 23.3 Å². The van der Waals surface area contributed by atoms with E-state index in [1.54, 1.807) is 0 Å². The molecular weight excluding hydrogens is 290 g/mol. The second-order valence-corrected chi connectivity index (χ2v) is 6.69. The number of aliphatic hydroxyl groups excluding tert-OH is 1. The van der Waals surface area contributed by atoms with Crippen LogP contribution in [0.5, 0.6) is 0 Å². The van der Waals surface area contributed by atoms with Gasteiger partial charge in [0.2, 0.25) is 0 Å². The summed E-state index contributed by atoms with van der Waals surface area (Å²) < 4.78 is 5.17. The molecule has 4 heteroatoms. The number of benzene rings is 2. The van der Waals surface area contributed by atoms with Gasteiger partial charge in [-0.15, -0.1) is 0 Å². The van der Waals surface area contributed by atoms with Crippen molar-refractivity contribution in [3.05, 3.63) is 48.0 Å². The third kappa shape index (κ3) is 5.57. The molecule has 124 valence electrons. The number of carbonyl (C=O) groups excluding carboxylic acids is 1. The fourth-order valence-corrected chi connectivity index (χ4v) is 2.38. The molecule has 0 radical (unpaired) electrons. The van der Waals surface area contributed by atoms with E-state index in [1.807, 2.05) is 57.2 Å². The van der Waals surface area contributed by atoms with Crippen LogP contribution in [0.3, 0.4) is 0 Å². The normalized spacial score (nSPS) is 12.9. The maximum atomic E-state index is 11.5. The fraction of sp³-hybridized carbons (Fsp3) is 0.421. The highest BCUT2D eigenvalue weighted by atomic mass is 16.6. The van der Waals surface area contributed by atoms with E-state index in [1.165, 1.54) is 0 Å². The molecule has 2 aromatic carbocycles. The summed E-state index contributed by atoms with van der Waals surface area (Å²) in [6, 6.07) is 14.1. The first-order valence-electron chi connectivity index (χ1n) is 7.99. The minimum absolute atomic E-state index is 0.419.